The van der Waals surface area contributed by atoms with Gasteiger partial charge in [0.15, 0.2) is 0 Å². The van der Waals surface area contributed by atoms with Gasteiger partial charge < -0.3 is 15.0 Å². The quantitative estimate of drug-likeness (QED) is 0.800. The van der Waals surface area contributed by atoms with Crippen molar-refractivity contribution < 1.29 is 14.3 Å². The molecule has 0 aliphatic heterocycles. The van der Waals surface area contributed by atoms with Crippen LogP contribution in [-0.2, 0) is 14.3 Å². The van der Waals surface area contributed by atoms with Gasteiger partial charge >= 0.3 is 5.97 Å². The molecule has 1 rings (SSSR count). The molecule has 0 saturated carbocycles. The molecule has 1 aromatic heterocycles. The second-order valence-corrected chi connectivity index (χ2v) is 4.67. The van der Waals surface area contributed by atoms with Gasteiger partial charge in [-0.25, -0.2) is 9.78 Å². The van der Waals surface area contributed by atoms with E-state index < -0.39 is 12.0 Å². The third-order valence-corrected chi connectivity index (χ3v) is 2.72. The molecule has 7 heteroatoms. The van der Waals surface area contributed by atoms with Gasteiger partial charge in [-0.1, -0.05) is 11.6 Å². The van der Waals surface area contributed by atoms with Crippen LogP contribution < -0.4 is 10.2 Å². The number of halogens is 1. The number of nitrogens with zero attached hydrogens (tertiary/aromatic N) is 2. The lowest BCUT2D eigenvalue weighted by Crippen LogP contribution is -2.44. The van der Waals surface area contributed by atoms with Crippen molar-refractivity contribution in [2.24, 2.45) is 0 Å². The summed E-state index contributed by atoms with van der Waals surface area (Å²) >= 11 is 5.74. The Morgan fingerprint density at radius 1 is 1.50 bits per heavy atom. The zero-order valence-electron chi connectivity index (χ0n) is 11.7. The van der Waals surface area contributed by atoms with Crippen molar-refractivity contribution >= 4 is 29.3 Å². The molecule has 20 heavy (non-hydrogen) atoms. The van der Waals surface area contributed by atoms with Crippen molar-refractivity contribution in [3.63, 3.8) is 0 Å². The first kappa shape index (κ1) is 16.2. The minimum atomic E-state index is -0.672. The lowest BCUT2D eigenvalue weighted by Gasteiger charge is -2.19. The number of anilines is 1. The normalized spacial score (nSPS) is 11.6. The monoisotopic (exact) mass is 299 g/mol. The molecular formula is C13H18ClN3O3. The van der Waals surface area contributed by atoms with Crippen molar-refractivity contribution in [2.75, 3.05) is 25.1 Å². The van der Waals surface area contributed by atoms with E-state index in [2.05, 4.69) is 10.3 Å². The maximum absolute atomic E-state index is 11.8. The van der Waals surface area contributed by atoms with Gasteiger partial charge in [0.1, 0.15) is 11.9 Å². The number of ether oxygens (including phenoxy) is 1. The van der Waals surface area contributed by atoms with Gasteiger partial charge in [0.25, 0.3) is 0 Å². The number of carbonyl (C=O) groups excluding carboxylic acids is 2. The molecule has 1 unspecified atom stereocenters. The van der Waals surface area contributed by atoms with Crippen LogP contribution in [0.4, 0.5) is 5.82 Å². The predicted molar refractivity (Wildman–Crippen MR) is 76.8 cm³/mol. The zero-order valence-corrected chi connectivity index (χ0v) is 12.5. The molecule has 1 heterocycles. The summed E-state index contributed by atoms with van der Waals surface area (Å²) in [5, 5.41) is 3.10. The summed E-state index contributed by atoms with van der Waals surface area (Å²) in [6, 6.07) is 2.73. The minimum Gasteiger partial charge on any atom is -0.464 e. The van der Waals surface area contributed by atoms with Gasteiger partial charge in [0, 0.05) is 13.2 Å². The number of hydrogen-bond donors (Lipinski definition) is 1. The second kappa shape index (κ2) is 7.69. The summed E-state index contributed by atoms with van der Waals surface area (Å²) < 4.78 is 4.81. The zero-order chi connectivity index (χ0) is 15.1. The van der Waals surface area contributed by atoms with E-state index in [1.165, 1.54) is 6.20 Å². The van der Waals surface area contributed by atoms with Crippen LogP contribution in [0.5, 0.6) is 0 Å². The number of rotatable bonds is 6. The summed E-state index contributed by atoms with van der Waals surface area (Å²) in [5.41, 5.74) is 0. The summed E-state index contributed by atoms with van der Waals surface area (Å²) in [6.45, 7) is 3.66. The largest absolute Gasteiger partial charge is 0.464 e. The first-order valence-electron chi connectivity index (χ1n) is 6.22. The molecule has 0 radical (unpaired) electrons. The highest BCUT2D eigenvalue weighted by molar-refractivity contribution is 6.30. The Kier molecular flexibility index (Phi) is 6.24. The molecule has 1 amide bonds. The van der Waals surface area contributed by atoms with Crippen molar-refractivity contribution in [1.29, 1.82) is 0 Å². The van der Waals surface area contributed by atoms with Crippen LogP contribution in [0, 0.1) is 0 Å². The van der Waals surface area contributed by atoms with Gasteiger partial charge in [-0.15, -0.1) is 0 Å². The van der Waals surface area contributed by atoms with Crippen LogP contribution in [0.15, 0.2) is 18.3 Å². The van der Waals surface area contributed by atoms with E-state index in [1.807, 2.05) is 0 Å². The summed E-state index contributed by atoms with van der Waals surface area (Å²) in [6.07, 6.45) is 1.51. The van der Waals surface area contributed by atoms with Crippen LogP contribution in [0.1, 0.15) is 13.8 Å². The van der Waals surface area contributed by atoms with Gasteiger partial charge in [-0.2, -0.15) is 0 Å². The van der Waals surface area contributed by atoms with Crippen LogP contribution in [0.25, 0.3) is 0 Å². The lowest BCUT2D eigenvalue weighted by molar-refractivity contribution is -0.146. The van der Waals surface area contributed by atoms with E-state index in [9.17, 15) is 9.59 Å². The number of likely N-dealkylation sites (N-methyl/N-ethyl adjacent to an activating group) is 1. The van der Waals surface area contributed by atoms with E-state index in [0.29, 0.717) is 10.8 Å². The topological polar surface area (TPSA) is 71.5 Å². The SMILES string of the molecule is CCOC(=O)C(C)NC(=O)CN(C)c1ccc(Cl)cn1. The third-order valence-electron chi connectivity index (χ3n) is 2.50. The maximum Gasteiger partial charge on any atom is 0.328 e. The number of hydrogen-bond acceptors (Lipinski definition) is 5. The van der Waals surface area contributed by atoms with Gasteiger partial charge in [0.2, 0.25) is 5.91 Å². The maximum atomic E-state index is 11.8. The highest BCUT2D eigenvalue weighted by Gasteiger charge is 2.17. The Morgan fingerprint density at radius 2 is 2.20 bits per heavy atom. The molecule has 0 aliphatic rings. The number of carbonyl (C=O) groups is 2. The Morgan fingerprint density at radius 3 is 2.75 bits per heavy atom. The Hall–Kier alpha value is -1.82. The van der Waals surface area contributed by atoms with Crippen molar-refractivity contribution in [3.05, 3.63) is 23.4 Å². The van der Waals surface area contributed by atoms with Crippen molar-refractivity contribution in [3.8, 4) is 0 Å². The predicted octanol–water partition coefficient (Wildman–Crippen LogP) is 1.24. The fourth-order valence-corrected chi connectivity index (χ4v) is 1.62. The number of aromatic nitrogens is 1. The Balaban J connectivity index is 2.49. The van der Waals surface area contributed by atoms with Gasteiger partial charge in [-0.05, 0) is 26.0 Å². The Labute approximate surface area is 123 Å². The minimum absolute atomic E-state index is 0.0817. The van der Waals surface area contributed by atoms with Crippen molar-refractivity contribution in [2.45, 2.75) is 19.9 Å². The first-order valence-corrected chi connectivity index (χ1v) is 6.60. The van der Waals surface area contributed by atoms with Gasteiger partial charge in [-0.3, -0.25) is 4.79 Å². The molecule has 0 spiro atoms. The summed E-state index contributed by atoms with van der Waals surface area (Å²) in [7, 11) is 1.73. The van der Waals surface area contributed by atoms with E-state index >= 15 is 0 Å². The van der Waals surface area contributed by atoms with Crippen LogP contribution in [0.3, 0.4) is 0 Å². The van der Waals surface area contributed by atoms with E-state index in [0.717, 1.165) is 0 Å². The van der Waals surface area contributed by atoms with Gasteiger partial charge in [0.05, 0.1) is 18.2 Å². The summed E-state index contributed by atoms with van der Waals surface area (Å²) in [4.78, 5) is 28.9. The fraction of sp³-hybridized carbons (Fsp3) is 0.462. The number of pyridine rings is 1. The summed E-state index contributed by atoms with van der Waals surface area (Å²) in [5.74, 6) is -0.119. The number of amides is 1. The fourth-order valence-electron chi connectivity index (χ4n) is 1.50. The third kappa shape index (κ3) is 5.05. The highest BCUT2D eigenvalue weighted by atomic mass is 35.5. The van der Waals surface area contributed by atoms with E-state index in [-0.39, 0.29) is 19.1 Å². The number of nitrogens with one attached hydrogen (secondary N) is 1. The highest BCUT2D eigenvalue weighted by Crippen LogP contribution is 2.12. The van der Waals surface area contributed by atoms with Crippen LogP contribution in [-0.4, -0.2) is 43.1 Å². The average Bonchev–Trinajstić information content (AvgIpc) is 2.39. The molecule has 6 nitrogen and oxygen atoms in total. The molecule has 1 atom stereocenters. The molecular weight excluding hydrogens is 282 g/mol. The van der Waals surface area contributed by atoms with Crippen LogP contribution >= 0.6 is 11.6 Å². The average molecular weight is 300 g/mol. The smallest absolute Gasteiger partial charge is 0.328 e. The molecule has 0 fully saturated rings. The second-order valence-electron chi connectivity index (χ2n) is 4.23. The number of esters is 1. The molecule has 110 valence electrons. The molecule has 1 aromatic rings. The molecule has 0 saturated heterocycles. The van der Waals surface area contributed by atoms with Crippen LogP contribution in [0.2, 0.25) is 5.02 Å². The van der Waals surface area contributed by atoms with Crippen molar-refractivity contribution in [1.82, 2.24) is 10.3 Å². The molecule has 0 aliphatic carbocycles. The molecule has 0 bridgehead atoms. The molecule has 0 aromatic carbocycles. The lowest BCUT2D eigenvalue weighted by atomic mass is 10.3. The standard InChI is InChI=1S/C13H18ClN3O3/c1-4-20-13(19)9(2)16-12(18)8-17(3)11-6-5-10(14)7-15-11/h5-7,9H,4,8H2,1-3H3,(H,16,18). The van der Waals surface area contributed by atoms with E-state index in [1.54, 1.807) is 37.9 Å². The molecule has 1 N–H and O–H groups in total. The Bertz CT molecular complexity index is 464. The first-order chi connectivity index (χ1) is 9.43. The van der Waals surface area contributed by atoms with E-state index in [4.69, 9.17) is 16.3 Å².